The predicted octanol–water partition coefficient (Wildman–Crippen LogP) is 4.01. The topological polar surface area (TPSA) is 78.7 Å². The first-order valence-electron chi connectivity index (χ1n) is 10.3. The van der Waals surface area contributed by atoms with Crippen molar-refractivity contribution < 1.29 is 19.0 Å². The second-order valence-corrected chi connectivity index (χ2v) is 7.80. The minimum Gasteiger partial charge on any atom is -0.493 e. The lowest BCUT2D eigenvalue weighted by Crippen LogP contribution is -2.37. The molecule has 0 bridgehead atoms. The molecule has 0 unspecified atom stereocenters. The van der Waals surface area contributed by atoms with Gasteiger partial charge in [0.05, 0.1) is 25.0 Å². The number of rotatable bonds is 10. The van der Waals surface area contributed by atoms with Gasteiger partial charge in [-0.3, -0.25) is 14.4 Å². The fraction of sp³-hybridized carbons (Fsp3) is 0.261. The Labute approximate surface area is 190 Å². The highest BCUT2D eigenvalue weighted by Gasteiger charge is 2.22. The molecule has 0 fully saturated rings. The Morgan fingerprint density at radius 3 is 2.62 bits per heavy atom. The highest BCUT2D eigenvalue weighted by Crippen LogP contribution is 2.34. The maximum Gasteiger partial charge on any atom is 0.266 e. The van der Waals surface area contributed by atoms with E-state index in [4.69, 9.17) is 19.2 Å². The average Bonchev–Trinajstić information content (AvgIpc) is 3.49. The Kier molecular flexibility index (Phi) is 6.86. The minimum atomic E-state index is -0.208. The van der Waals surface area contributed by atoms with Gasteiger partial charge >= 0.3 is 0 Å². The summed E-state index contributed by atoms with van der Waals surface area (Å²) in [4.78, 5) is 19.6. The number of carbonyl (C=O) groups is 1. The molecule has 0 aliphatic rings. The standard InChI is InChI=1S/C23H24N4O4S/c1-3-30-19-10-6-11-20-22(19)25-23(32-20)27(15-14-26-13-7-12-24-26)21(28)16-31-18-9-5-4-8-17(18)29-2/h4-13H,3,14-16H2,1-2H3. The largest absolute Gasteiger partial charge is 0.493 e. The molecule has 4 rings (SSSR count). The fourth-order valence-electron chi connectivity index (χ4n) is 3.22. The van der Waals surface area contributed by atoms with E-state index in [1.54, 1.807) is 35.0 Å². The van der Waals surface area contributed by atoms with Crippen molar-refractivity contribution in [3.63, 3.8) is 0 Å². The van der Waals surface area contributed by atoms with Gasteiger partial charge in [-0.2, -0.15) is 5.10 Å². The van der Waals surface area contributed by atoms with E-state index in [0.717, 1.165) is 10.2 Å². The molecule has 0 radical (unpaired) electrons. The van der Waals surface area contributed by atoms with Crippen molar-refractivity contribution in [1.82, 2.24) is 14.8 Å². The molecule has 0 spiro atoms. The van der Waals surface area contributed by atoms with E-state index >= 15 is 0 Å². The number of fused-ring (bicyclic) bond motifs is 1. The van der Waals surface area contributed by atoms with Crippen LogP contribution in [-0.4, -0.2) is 47.5 Å². The molecule has 0 aliphatic carbocycles. The van der Waals surface area contributed by atoms with Crippen molar-refractivity contribution in [3.05, 3.63) is 60.9 Å². The van der Waals surface area contributed by atoms with Crippen LogP contribution in [0.3, 0.4) is 0 Å². The molecule has 4 aromatic rings. The molecule has 2 aromatic heterocycles. The van der Waals surface area contributed by atoms with Crippen LogP contribution < -0.4 is 19.1 Å². The zero-order chi connectivity index (χ0) is 22.3. The smallest absolute Gasteiger partial charge is 0.266 e. The predicted molar refractivity (Wildman–Crippen MR) is 124 cm³/mol. The number of amides is 1. The summed E-state index contributed by atoms with van der Waals surface area (Å²) in [5.41, 5.74) is 0.747. The third kappa shape index (κ3) is 4.83. The van der Waals surface area contributed by atoms with Crippen molar-refractivity contribution in [2.45, 2.75) is 13.5 Å². The fourth-order valence-corrected chi connectivity index (χ4v) is 4.24. The Hall–Kier alpha value is -3.59. The van der Waals surface area contributed by atoms with Crippen molar-refractivity contribution >= 4 is 32.6 Å². The molecule has 0 aliphatic heterocycles. The van der Waals surface area contributed by atoms with Crippen molar-refractivity contribution in [2.24, 2.45) is 0 Å². The zero-order valence-corrected chi connectivity index (χ0v) is 18.7. The highest BCUT2D eigenvalue weighted by atomic mass is 32.1. The van der Waals surface area contributed by atoms with E-state index in [-0.39, 0.29) is 12.5 Å². The Morgan fingerprint density at radius 1 is 1.06 bits per heavy atom. The molecular weight excluding hydrogens is 428 g/mol. The number of benzene rings is 2. The molecule has 0 saturated heterocycles. The molecular formula is C23H24N4O4S. The maximum absolute atomic E-state index is 13.2. The molecule has 2 heterocycles. The van der Waals surface area contributed by atoms with Gasteiger partial charge in [0.1, 0.15) is 11.3 Å². The lowest BCUT2D eigenvalue weighted by atomic mass is 10.3. The summed E-state index contributed by atoms with van der Waals surface area (Å²) in [7, 11) is 1.57. The van der Waals surface area contributed by atoms with E-state index < -0.39 is 0 Å². The lowest BCUT2D eigenvalue weighted by molar-refractivity contribution is -0.120. The molecule has 9 heteroatoms. The van der Waals surface area contributed by atoms with Gasteiger partial charge in [-0.05, 0) is 37.3 Å². The number of carbonyl (C=O) groups excluding carboxylic acids is 1. The second kappa shape index (κ2) is 10.1. The summed E-state index contributed by atoms with van der Waals surface area (Å²) in [6, 6.07) is 14.9. The van der Waals surface area contributed by atoms with Gasteiger partial charge in [0.25, 0.3) is 5.91 Å². The molecule has 0 saturated carbocycles. The van der Waals surface area contributed by atoms with Crippen LogP contribution in [0, 0.1) is 0 Å². The summed E-state index contributed by atoms with van der Waals surface area (Å²) in [6.45, 7) is 3.26. The first-order chi connectivity index (χ1) is 15.7. The molecule has 8 nitrogen and oxygen atoms in total. The number of ether oxygens (including phenoxy) is 3. The van der Waals surface area contributed by atoms with Crippen LogP contribution in [0.1, 0.15) is 6.92 Å². The third-order valence-corrected chi connectivity index (χ3v) is 5.78. The molecule has 166 valence electrons. The molecule has 0 atom stereocenters. The van der Waals surface area contributed by atoms with Crippen LogP contribution in [0.4, 0.5) is 5.13 Å². The normalized spacial score (nSPS) is 10.8. The van der Waals surface area contributed by atoms with Crippen molar-refractivity contribution in [3.8, 4) is 17.2 Å². The van der Waals surface area contributed by atoms with E-state index in [1.165, 1.54) is 11.3 Å². The monoisotopic (exact) mass is 452 g/mol. The lowest BCUT2D eigenvalue weighted by Gasteiger charge is -2.20. The van der Waals surface area contributed by atoms with E-state index in [2.05, 4.69) is 5.10 Å². The van der Waals surface area contributed by atoms with E-state index in [0.29, 0.717) is 42.1 Å². The molecule has 32 heavy (non-hydrogen) atoms. The number of anilines is 1. The van der Waals surface area contributed by atoms with Gasteiger partial charge in [0.2, 0.25) is 0 Å². The molecule has 1 amide bonds. The Bertz CT molecular complexity index is 1180. The van der Waals surface area contributed by atoms with E-state index in [9.17, 15) is 4.79 Å². The van der Waals surface area contributed by atoms with Crippen molar-refractivity contribution in [2.75, 3.05) is 31.8 Å². The number of hydrogen-bond donors (Lipinski definition) is 0. The summed E-state index contributed by atoms with van der Waals surface area (Å²) in [5.74, 6) is 1.58. The summed E-state index contributed by atoms with van der Waals surface area (Å²) in [5, 5.41) is 4.82. The van der Waals surface area contributed by atoms with Gasteiger partial charge in [0.15, 0.2) is 23.2 Å². The van der Waals surface area contributed by atoms with Gasteiger partial charge < -0.3 is 14.2 Å². The SMILES string of the molecule is CCOc1cccc2sc(N(CCn3cccn3)C(=O)COc3ccccc3OC)nc12. The van der Waals surface area contributed by atoms with Crippen LogP contribution in [0.2, 0.25) is 0 Å². The summed E-state index contributed by atoms with van der Waals surface area (Å²) < 4.78 is 19.5. The van der Waals surface area contributed by atoms with Crippen LogP contribution in [-0.2, 0) is 11.3 Å². The number of methoxy groups -OCH3 is 1. The summed E-state index contributed by atoms with van der Waals surface area (Å²) >= 11 is 1.44. The minimum absolute atomic E-state index is 0.145. The first kappa shape index (κ1) is 21.6. The van der Waals surface area contributed by atoms with Gasteiger partial charge in [0, 0.05) is 18.9 Å². The third-order valence-electron chi connectivity index (χ3n) is 4.73. The van der Waals surface area contributed by atoms with Gasteiger partial charge in [-0.25, -0.2) is 4.98 Å². The zero-order valence-electron chi connectivity index (χ0n) is 17.9. The second-order valence-electron chi connectivity index (χ2n) is 6.79. The van der Waals surface area contributed by atoms with Crippen LogP contribution in [0.5, 0.6) is 17.2 Å². The van der Waals surface area contributed by atoms with E-state index in [1.807, 2.05) is 49.5 Å². The molecule has 0 N–H and O–H groups in total. The number of hydrogen-bond acceptors (Lipinski definition) is 7. The maximum atomic E-state index is 13.2. The van der Waals surface area contributed by atoms with Crippen LogP contribution in [0.15, 0.2) is 60.9 Å². The average molecular weight is 453 g/mol. The number of thiazole rings is 1. The highest BCUT2D eigenvalue weighted by molar-refractivity contribution is 7.22. The quantitative estimate of drug-likeness (QED) is 0.362. The Balaban J connectivity index is 1.58. The number of aromatic nitrogens is 3. The number of nitrogens with zero attached hydrogens (tertiary/aromatic N) is 4. The van der Waals surface area contributed by atoms with Crippen molar-refractivity contribution in [1.29, 1.82) is 0 Å². The van der Waals surface area contributed by atoms with Gasteiger partial charge in [-0.15, -0.1) is 0 Å². The number of para-hydroxylation sites is 3. The first-order valence-corrected chi connectivity index (χ1v) is 11.1. The summed E-state index contributed by atoms with van der Waals surface area (Å²) in [6.07, 6.45) is 3.57. The molecule has 2 aromatic carbocycles. The van der Waals surface area contributed by atoms with Gasteiger partial charge in [-0.1, -0.05) is 29.5 Å². The van der Waals surface area contributed by atoms with Crippen LogP contribution >= 0.6 is 11.3 Å². The Morgan fingerprint density at radius 2 is 1.88 bits per heavy atom. The van der Waals surface area contributed by atoms with Crippen LogP contribution in [0.25, 0.3) is 10.2 Å².